The first-order valence-electron chi connectivity index (χ1n) is 3.28. The minimum atomic E-state index is -0.221. The van der Waals surface area contributed by atoms with Gasteiger partial charge in [0.2, 0.25) is 0 Å². The van der Waals surface area contributed by atoms with Crippen molar-refractivity contribution in [1.29, 1.82) is 0 Å². The average molecular weight is 282 g/mol. The van der Waals surface area contributed by atoms with Gasteiger partial charge in [-0.05, 0) is 24.1 Å². The predicted molar refractivity (Wildman–Crippen MR) is 51.2 cm³/mol. The minimum absolute atomic E-state index is 0.221. The van der Waals surface area contributed by atoms with Crippen molar-refractivity contribution in [3.63, 3.8) is 0 Å². The largest absolute Gasteiger partial charge is 0.207 e. The smallest absolute Gasteiger partial charge is 0.125 e. The summed E-state index contributed by atoms with van der Waals surface area (Å²) in [5.74, 6) is -0.221. The normalized spacial score (nSPS) is 10.2. The van der Waals surface area contributed by atoms with E-state index in [0.29, 0.717) is 0 Å². The molecule has 1 rings (SSSR count). The van der Waals surface area contributed by atoms with Gasteiger partial charge in [0.1, 0.15) is 5.82 Å². The molecule has 0 aliphatic heterocycles. The van der Waals surface area contributed by atoms with Gasteiger partial charge in [-0.25, -0.2) is 4.39 Å². The van der Waals surface area contributed by atoms with Crippen LogP contribution < -0.4 is 0 Å². The Balaban J connectivity index is 3.25. The Morgan fingerprint density at radius 1 is 1.27 bits per heavy atom. The first kappa shape index (κ1) is 9.20. The van der Waals surface area contributed by atoms with Crippen LogP contribution in [0.3, 0.4) is 0 Å². The summed E-state index contributed by atoms with van der Waals surface area (Å²) in [5.41, 5.74) is 1.10. The maximum Gasteiger partial charge on any atom is 0.125 e. The molecule has 0 saturated heterocycles. The van der Waals surface area contributed by atoms with E-state index < -0.39 is 0 Å². The minimum Gasteiger partial charge on any atom is -0.207 e. The van der Waals surface area contributed by atoms with Crippen LogP contribution in [0.2, 0.25) is 0 Å². The van der Waals surface area contributed by atoms with Gasteiger partial charge in [0, 0.05) is 8.95 Å². The molecule has 11 heavy (non-hydrogen) atoms. The summed E-state index contributed by atoms with van der Waals surface area (Å²) in [7, 11) is 0. The van der Waals surface area contributed by atoms with Gasteiger partial charge in [-0.1, -0.05) is 38.8 Å². The van der Waals surface area contributed by atoms with Crippen LogP contribution in [-0.2, 0) is 6.42 Å². The van der Waals surface area contributed by atoms with E-state index in [4.69, 9.17) is 0 Å². The van der Waals surface area contributed by atoms with Gasteiger partial charge in [-0.2, -0.15) is 0 Å². The van der Waals surface area contributed by atoms with Crippen molar-refractivity contribution >= 4 is 31.9 Å². The molecule has 0 N–H and O–H groups in total. The van der Waals surface area contributed by atoms with E-state index in [9.17, 15) is 4.39 Å². The SMILES string of the molecule is CCc1c(Br)cc(F)cc1Br. The summed E-state index contributed by atoms with van der Waals surface area (Å²) in [6.45, 7) is 2.03. The summed E-state index contributed by atoms with van der Waals surface area (Å²) in [6.07, 6.45) is 0.890. The highest BCUT2D eigenvalue weighted by molar-refractivity contribution is 9.11. The molecular weight excluding hydrogens is 275 g/mol. The van der Waals surface area contributed by atoms with Crippen molar-refractivity contribution in [3.8, 4) is 0 Å². The van der Waals surface area contributed by atoms with E-state index in [0.717, 1.165) is 20.9 Å². The molecule has 0 atom stereocenters. The van der Waals surface area contributed by atoms with E-state index in [1.807, 2.05) is 6.92 Å². The number of halogens is 3. The van der Waals surface area contributed by atoms with Crippen LogP contribution in [0.25, 0.3) is 0 Å². The summed E-state index contributed by atoms with van der Waals surface area (Å²) in [6, 6.07) is 2.95. The zero-order valence-corrected chi connectivity index (χ0v) is 9.17. The van der Waals surface area contributed by atoms with Crippen molar-refractivity contribution in [2.75, 3.05) is 0 Å². The summed E-state index contributed by atoms with van der Waals surface area (Å²) < 4.78 is 14.3. The third-order valence-corrected chi connectivity index (χ3v) is 2.87. The van der Waals surface area contributed by atoms with Gasteiger partial charge in [-0.3, -0.25) is 0 Å². The topological polar surface area (TPSA) is 0 Å². The number of rotatable bonds is 1. The van der Waals surface area contributed by atoms with E-state index in [-0.39, 0.29) is 5.82 Å². The second-order valence-electron chi connectivity index (χ2n) is 2.20. The van der Waals surface area contributed by atoms with Crippen molar-refractivity contribution < 1.29 is 4.39 Å². The van der Waals surface area contributed by atoms with Gasteiger partial charge in [0.15, 0.2) is 0 Å². The van der Waals surface area contributed by atoms with Crippen molar-refractivity contribution in [2.45, 2.75) is 13.3 Å². The van der Waals surface area contributed by atoms with Gasteiger partial charge in [0.25, 0.3) is 0 Å². The lowest BCUT2D eigenvalue weighted by Crippen LogP contribution is -1.86. The van der Waals surface area contributed by atoms with Gasteiger partial charge in [0.05, 0.1) is 0 Å². The molecule has 1 aromatic rings. The molecule has 0 radical (unpaired) electrons. The molecule has 0 unspecified atom stereocenters. The fourth-order valence-electron chi connectivity index (χ4n) is 0.910. The summed E-state index contributed by atoms with van der Waals surface area (Å²) in [5, 5.41) is 0. The molecule has 0 aromatic heterocycles. The lowest BCUT2D eigenvalue weighted by Gasteiger charge is -2.03. The van der Waals surface area contributed by atoms with Crippen LogP contribution in [0.4, 0.5) is 4.39 Å². The first-order chi connectivity index (χ1) is 5.15. The fraction of sp³-hybridized carbons (Fsp3) is 0.250. The van der Waals surface area contributed by atoms with Gasteiger partial charge in [-0.15, -0.1) is 0 Å². The Labute approximate surface area is 82.1 Å². The van der Waals surface area contributed by atoms with Crippen molar-refractivity contribution in [3.05, 3.63) is 32.5 Å². The molecular formula is C8H7Br2F. The molecule has 3 heteroatoms. The van der Waals surface area contributed by atoms with E-state index in [1.54, 1.807) is 0 Å². The Bertz CT molecular complexity index is 248. The summed E-state index contributed by atoms with van der Waals surface area (Å²) >= 11 is 6.58. The Hall–Kier alpha value is 0.110. The number of hydrogen-bond acceptors (Lipinski definition) is 0. The van der Waals surface area contributed by atoms with Crippen molar-refractivity contribution in [1.82, 2.24) is 0 Å². The lowest BCUT2D eigenvalue weighted by atomic mass is 10.2. The van der Waals surface area contributed by atoms with E-state index in [2.05, 4.69) is 31.9 Å². The molecule has 0 spiro atoms. The van der Waals surface area contributed by atoms with Crippen molar-refractivity contribution in [2.24, 2.45) is 0 Å². The third-order valence-electron chi connectivity index (χ3n) is 1.46. The fourth-order valence-corrected chi connectivity index (χ4v) is 2.60. The van der Waals surface area contributed by atoms with Gasteiger partial charge >= 0.3 is 0 Å². The molecule has 0 heterocycles. The average Bonchev–Trinajstić information content (AvgIpc) is 1.85. The Morgan fingerprint density at radius 3 is 2.09 bits per heavy atom. The highest BCUT2D eigenvalue weighted by Gasteiger charge is 2.04. The quantitative estimate of drug-likeness (QED) is 0.732. The lowest BCUT2D eigenvalue weighted by molar-refractivity contribution is 0.625. The molecule has 0 nitrogen and oxygen atoms in total. The maximum absolute atomic E-state index is 12.7. The highest BCUT2D eigenvalue weighted by Crippen LogP contribution is 2.26. The summed E-state index contributed by atoms with van der Waals surface area (Å²) in [4.78, 5) is 0. The van der Waals surface area contributed by atoms with E-state index >= 15 is 0 Å². The molecule has 1 aromatic carbocycles. The third kappa shape index (κ3) is 2.03. The molecule has 0 aliphatic carbocycles. The van der Waals surface area contributed by atoms with Gasteiger partial charge < -0.3 is 0 Å². The van der Waals surface area contributed by atoms with Crippen LogP contribution in [0, 0.1) is 5.82 Å². The monoisotopic (exact) mass is 280 g/mol. The van der Waals surface area contributed by atoms with Crippen LogP contribution in [-0.4, -0.2) is 0 Å². The molecule has 0 bridgehead atoms. The van der Waals surface area contributed by atoms with E-state index in [1.165, 1.54) is 12.1 Å². The zero-order valence-electron chi connectivity index (χ0n) is 6.00. The zero-order chi connectivity index (χ0) is 8.43. The number of benzene rings is 1. The standard InChI is InChI=1S/C8H7Br2F/c1-2-6-7(9)3-5(11)4-8(6)10/h3-4H,2H2,1H3. The second kappa shape index (κ2) is 3.68. The first-order valence-corrected chi connectivity index (χ1v) is 4.87. The number of hydrogen-bond donors (Lipinski definition) is 0. The molecule has 60 valence electrons. The predicted octanol–water partition coefficient (Wildman–Crippen LogP) is 3.91. The molecule has 0 saturated carbocycles. The molecule has 0 fully saturated rings. The second-order valence-corrected chi connectivity index (χ2v) is 3.91. The highest BCUT2D eigenvalue weighted by atomic mass is 79.9. The molecule has 0 aliphatic rings. The Kier molecular flexibility index (Phi) is 3.07. The van der Waals surface area contributed by atoms with Crippen LogP contribution in [0.15, 0.2) is 21.1 Å². The molecule has 0 amide bonds. The maximum atomic E-state index is 12.7. The van der Waals surface area contributed by atoms with Crippen LogP contribution in [0.1, 0.15) is 12.5 Å². The van der Waals surface area contributed by atoms with Crippen LogP contribution >= 0.6 is 31.9 Å². The van der Waals surface area contributed by atoms with Crippen LogP contribution in [0.5, 0.6) is 0 Å². The Morgan fingerprint density at radius 2 is 1.73 bits per heavy atom.